The number of phenolic OH excluding ortho intramolecular Hbond substituents is 1. The van der Waals surface area contributed by atoms with Crippen molar-refractivity contribution in [2.24, 2.45) is 0 Å². The summed E-state index contributed by atoms with van der Waals surface area (Å²) in [5.41, 5.74) is 1.72. The maximum atomic E-state index is 12.9. The molecule has 1 heterocycles. The second-order valence-corrected chi connectivity index (χ2v) is 9.09. The Bertz CT molecular complexity index is 1210. The Morgan fingerprint density at radius 2 is 1.67 bits per heavy atom. The number of nitrogens with one attached hydrogen (secondary N) is 2. The van der Waals surface area contributed by atoms with E-state index >= 15 is 0 Å². The lowest BCUT2D eigenvalue weighted by Crippen LogP contribution is -2.42. The van der Waals surface area contributed by atoms with Crippen LogP contribution in [0.15, 0.2) is 59.6 Å². The molecule has 3 rings (SSSR count). The van der Waals surface area contributed by atoms with E-state index < -0.39 is 27.6 Å². The minimum Gasteiger partial charge on any atom is -0.508 e. The van der Waals surface area contributed by atoms with E-state index in [1.54, 1.807) is 45.0 Å². The van der Waals surface area contributed by atoms with Gasteiger partial charge in [0.05, 0.1) is 5.52 Å². The number of para-hydroxylation sites is 1. The van der Waals surface area contributed by atoms with Gasteiger partial charge in [-0.05, 0) is 57.2 Å². The molecule has 0 radical (unpaired) electrons. The van der Waals surface area contributed by atoms with Gasteiger partial charge in [0.25, 0.3) is 15.9 Å². The number of hydrazine groups is 1. The van der Waals surface area contributed by atoms with E-state index in [-0.39, 0.29) is 16.3 Å². The number of amides is 1. The van der Waals surface area contributed by atoms with E-state index in [4.69, 9.17) is 4.74 Å². The minimum atomic E-state index is -4.33. The summed E-state index contributed by atoms with van der Waals surface area (Å²) < 4.78 is 32.1. The lowest BCUT2D eigenvalue weighted by atomic mass is 10.2. The largest absolute Gasteiger partial charge is 0.508 e. The van der Waals surface area contributed by atoms with Gasteiger partial charge in [-0.15, -0.1) is 4.83 Å². The van der Waals surface area contributed by atoms with Crippen LogP contribution < -0.4 is 10.3 Å². The van der Waals surface area contributed by atoms with Crippen LogP contribution in [0, 0.1) is 0 Å². The van der Waals surface area contributed by atoms with Gasteiger partial charge in [0.1, 0.15) is 11.4 Å². The Kier molecular flexibility index (Phi) is 5.55. The molecule has 0 aliphatic carbocycles. The molecule has 0 spiro atoms. The summed E-state index contributed by atoms with van der Waals surface area (Å²) >= 11 is 0. The third kappa shape index (κ3) is 4.61. The molecule has 1 aromatic heterocycles. The fourth-order valence-corrected chi connectivity index (χ4v) is 3.70. The molecule has 10 heteroatoms. The van der Waals surface area contributed by atoms with Crippen LogP contribution >= 0.6 is 0 Å². The zero-order valence-electron chi connectivity index (χ0n) is 16.5. The molecule has 0 saturated heterocycles. The summed E-state index contributed by atoms with van der Waals surface area (Å²) in [7, 11) is -4.33. The zero-order chi connectivity index (χ0) is 22.1. The first-order chi connectivity index (χ1) is 14.0. The summed E-state index contributed by atoms with van der Waals surface area (Å²) in [5.74, 6) is -0.771. The van der Waals surface area contributed by atoms with Crippen molar-refractivity contribution in [3.63, 3.8) is 0 Å². The summed E-state index contributed by atoms with van der Waals surface area (Å²) in [5, 5.41) is 9.41. The minimum absolute atomic E-state index is 0.0333. The Morgan fingerprint density at radius 3 is 2.30 bits per heavy atom. The number of aromatic hydroxyl groups is 1. The van der Waals surface area contributed by atoms with Crippen molar-refractivity contribution in [1.82, 2.24) is 14.8 Å². The first-order valence-corrected chi connectivity index (χ1v) is 10.4. The molecule has 0 aliphatic heterocycles. The lowest BCUT2D eigenvalue weighted by Gasteiger charge is -2.21. The summed E-state index contributed by atoms with van der Waals surface area (Å²) in [4.78, 5) is 26.9. The van der Waals surface area contributed by atoms with Gasteiger partial charge in [0, 0.05) is 10.9 Å². The maximum Gasteiger partial charge on any atom is 0.420 e. The predicted molar refractivity (Wildman–Crippen MR) is 109 cm³/mol. The molecule has 2 aromatic carbocycles. The molecule has 0 bridgehead atoms. The van der Waals surface area contributed by atoms with E-state index in [0.29, 0.717) is 10.9 Å². The van der Waals surface area contributed by atoms with E-state index in [2.05, 4.69) is 5.43 Å². The molecule has 0 fully saturated rings. The van der Waals surface area contributed by atoms with Crippen molar-refractivity contribution >= 4 is 32.9 Å². The first kappa shape index (κ1) is 21.3. The second-order valence-electron chi connectivity index (χ2n) is 7.46. The highest BCUT2D eigenvalue weighted by Crippen LogP contribution is 2.24. The van der Waals surface area contributed by atoms with Gasteiger partial charge in [-0.2, -0.15) is 0 Å². The SMILES string of the molecule is CC(C)(C)OC(=O)n1c(S(=O)(=O)NNC(=O)c2ccc(O)cc2)cc2ccccc21. The van der Waals surface area contributed by atoms with Gasteiger partial charge in [0.2, 0.25) is 0 Å². The monoisotopic (exact) mass is 431 g/mol. The average molecular weight is 431 g/mol. The average Bonchev–Trinajstić information content (AvgIpc) is 3.06. The number of phenols is 1. The van der Waals surface area contributed by atoms with Crippen LogP contribution in [0.3, 0.4) is 0 Å². The quantitative estimate of drug-likeness (QED) is 0.545. The van der Waals surface area contributed by atoms with E-state index in [0.717, 1.165) is 4.57 Å². The Labute approximate surface area is 173 Å². The normalized spacial score (nSPS) is 12.0. The molecule has 158 valence electrons. The van der Waals surface area contributed by atoms with Gasteiger partial charge in [-0.1, -0.05) is 18.2 Å². The molecule has 30 heavy (non-hydrogen) atoms. The molecule has 1 amide bonds. The molecule has 9 nitrogen and oxygen atoms in total. The summed E-state index contributed by atoms with van der Waals surface area (Å²) in [6.07, 6.45) is -0.867. The number of hydrogen-bond acceptors (Lipinski definition) is 6. The highest BCUT2D eigenvalue weighted by atomic mass is 32.2. The standard InChI is InChI=1S/C20H21N3O6S/c1-20(2,3)29-19(26)23-16-7-5-4-6-14(16)12-17(23)30(27,28)22-21-18(25)13-8-10-15(24)11-9-13/h4-12,22,24H,1-3H3,(H,21,25). The van der Waals surface area contributed by atoms with Crippen LogP contribution in [-0.2, 0) is 14.8 Å². The molecule has 3 N–H and O–H groups in total. The van der Waals surface area contributed by atoms with Crippen LogP contribution in [0.2, 0.25) is 0 Å². The lowest BCUT2D eigenvalue weighted by molar-refractivity contribution is 0.0530. The molecule has 0 unspecified atom stereocenters. The fourth-order valence-electron chi connectivity index (χ4n) is 2.67. The van der Waals surface area contributed by atoms with Gasteiger partial charge in [0.15, 0.2) is 5.03 Å². The third-order valence-corrected chi connectivity index (χ3v) is 5.18. The Morgan fingerprint density at radius 1 is 1.03 bits per heavy atom. The van der Waals surface area contributed by atoms with Crippen molar-refractivity contribution in [1.29, 1.82) is 0 Å². The van der Waals surface area contributed by atoms with Crippen molar-refractivity contribution in [3.8, 4) is 5.75 Å². The van der Waals surface area contributed by atoms with Crippen molar-refractivity contribution in [2.75, 3.05) is 0 Å². The van der Waals surface area contributed by atoms with Crippen LogP contribution in [0.1, 0.15) is 31.1 Å². The van der Waals surface area contributed by atoms with Crippen molar-refractivity contribution < 1.29 is 27.9 Å². The third-order valence-electron chi connectivity index (χ3n) is 3.96. The van der Waals surface area contributed by atoms with Crippen molar-refractivity contribution in [2.45, 2.75) is 31.4 Å². The van der Waals surface area contributed by atoms with E-state index in [1.165, 1.54) is 30.3 Å². The van der Waals surface area contributed by atoms with Crippen LogP contribution in [0.4, 0.5) is 4.79 Å². The highest BCUT2D eigenvalue weighted by Gasteiger charge is 2.28. The predicted octanol–water partition coefficient (Wildman–Crippen LogP) is 2.75. The Balaban J connectivity index is 1.94. The number of rotatable bonds is 4. The number of nitrogens with zero attached hydrogens (tertiary/aromatic N) is 1. The number of hydrogen-bond donors (Lipinski definition) is 3. The van der Waals surface area contributed by atoms with Gasteiger partial charge >= 0.3 is 6.09 Å². The smallest absolute Gasteiger partial charge is 0.420 e. The zero-order valence-corrected chi connectivity index (χ0v) is 17.4. The number of aromatic nitrogens is 1. The van der Waals surface area contributed by atoms with Gasteiger partial charge in [-0.3, -0.25) is 10.2 Å². The van der Waals surface area contributed by atoms with Crippen molar-refractivity contribution in [3.05, 3.63) is 60.2 Å². The van der Waals surface area contributed by atoms with Crippen LogP contribution in [0.5, 0.6) is 5.75 Å². The van der Waals surface area contributed by atoms with Gasteiger partial charge in [-0.25, -0.2) is 17.8 Å². The van der Waals surface area contributed by atoms with Crippen LogP contribution in [0.25, 0.3) is 10.9 Å². The molecule has 0 saturated carbocycles. The number of benzene rings is 2. The molecular weight excluding hydrogens is 410 g/mol. The highest BCUT2D eigenvalue weighted by molar-refractivity contribution is 7.89. The summed E-state index contributed by atoms with van der Waals surface area (Å²) in [6, 6.07) is 13.2. The number of ether oxygens (including phenoxy) is 1. The first-order valence-electron chi connectivity index (χ1n) is 8.93. The molecular formula is C20H21N3O6S. The number of fused-ring (bicyclic) bond motifs is 1. The molecule has 0 aliphatic rings. The van der Waals surface area contributed by atoms with Crippen LogP contribution in [-0.4, -0.2) is 35.7 Å². The van der Waals surface area contributed by atoms with E-state index in [1.807, 2.05) is 4.83 Å². The summed E-state index contributed by atoms with van der Waals surface area (Å²) in [6.45, 7) is 5.00. The topological polar surface area (TPSA) is 127 Å². The van der Waals surface area contributed by atoms with Gasteiger partial charge < -0.3 is 9.84 Å². The van der Waals surface area contributed by atoms with E-state index in [9.17, 15) is 23.1 Å². The fraction of sp³-hybridized carbons (Fsp3) is 0.200. The maximum absolute atomic E-state index is 12.9. The molecule has 3 aromatic rings. The Hall–Kier alpha value is -3.37. The number of sulfonamides is 1. The number of carbonyl (C=O) groups excluding carboxylic acids is 2. The second kappa shape index (κ2) is 7.81. The molecule has 0 atom stereocenters. The number of carbonyl (C=O) groups is 2.